The van der Waals surface area contributed by atoms with Crippen LogP contribution in [-0.4, -0.2) is 12.9 Å². The van der Waals surface area contributed by atoms with Crippen molar-refractivity contribution in [1.29, 1.82) is 0 Å². The zero-order valence-electron chi connectivity index (χ0n) is 9.26. The van der Waals surface area contributed by atoms with Gasteiger partial charge in [-0.2, -0.15) is 0 Å². The smallest absolute Gasteiger partial charge is 0.403 e. The van der Waals surface area contributed by atoms with Crippen LogP contribution in [0.5, 0.6) is 5.75 Å². The first-order chi connectivity index (χ1) is 7.96. The molecule has 0 unspecified atom stereocenters. The predicted molar refractivity (Wildman–Crippen MR) is 60.3 cm³/mol. The fourth-order valence-corrected chi connectivity index (χ4v) is 1.91. The molecule has 1 atom stereocenters. The maximum Gasteiger partial charge on any atom is 0.573 e. The lowest BCUT2D eigenvalue weighted by Crippen LogP contribution is -2.18. The molecule has 1 saturated heterocycles. The van der Waals surface area contributed by atoms with Gasteiger partial charge in [-0.3, -0.25) is 0 Å². The van der Waals surface area contributed by atoms with Crippen LogP contribution in [-0.2, 0) is 0 Å². The van der Waals surface area contributed by atoms with Gasteiger partial charge in [0.25, 0.3) is 0 Å². The molecule has 0 saturated carbocycles. The standard InChI is InChI=1S/C11H11F4NO.ClH/c12-8-6-7(9-2-1-5-16-9)3-4-10(8)17-11(13,14)15;/h3-4,6,9,16H,1-2,5H2;1H/t9-;/m0./s1. The van der Waals surface area contributed by atoms with E-state index < -0.39 is 17.9 Å². The monoisotopic (exact) mass is 285 g/mol. The zero-order chi connectivity index (χ0) is 12.5. The van der Waals surface area contributed by atoms with Crippen molar-refractivity contribution in [1.82, 2.24) is 5.32 Å². The minimum atomic E-state index is -4.87. The third kappa shape index (κ3) is 3.74. The van der Waals surface area contributed by atoms with Gasteiger partial charge >= 0.3 is 6.36 Å². The van der Waals surface area contributed by atoms with E-state index in [0.717, 1.165) is 31.5 Å². The zero-order valence-corrected chi connectivity index (χ0v) is 10.1. The second kappa shape index (κ2) is 5.75. The van der Waals surface area contributed by atoms with Crippen LogP contribution in [0.25, 0.3) is 0 Å². The summed E-state index contributed by atoms with van der Waals surface area (Å²) < 4.78 is 52.7. The Morgan fingerprint density at radius 3 is 2.50 bits per heavy atom. The van der Waals surface area contributed by atoms with E-state index in [4.69, 9.17) is 0 Å². The van der Waals surface area contributed by atoms with Crippen LogP contribution in [0.3, 0.4) is 0 Å². The Labute approximate surface area is 108 Å². The van der Waals surface area contributed by atoms with Crippen LogP contribution < -0.4 is 10.1 Å². The van der Waals surface area contributed by atoms with Crippen LogP contribution >= 0.6 is 12.4 Å². The lowest BCUT2D eigenvalue weighted by atomic mass is 10.1. The van der Waals surface area contributed by atoms with Crippen LogP contribution in [0.2, 0.25) is 0 Å². The Morgan fingerprint density at radius 1 is 1.28 bits per heavy atom. The van der Waals surface area contributed by atoms with Crippen LogP contribution in [0, 0.1) is 5.82 Å². The molecule has 0 radical (unpaired) electrons. The fraction of sp³-hybridized carbons (Fsp3) is 0.455. The van der Waals surface area contributed by atoms with E-state index in [9.17, 15) is 17.6 Å². The summed E-state index contributed by atoms with van der Waals surface area (Å²) >= 11 is 0. The van der Waals surface area contributed by atoms with Crippen LogP contribution in [0.1, 0.15) is 24.4 Å². The molecule has 102 valence electrons. The van der Waals surface area contributed by atoms with E-state index in [-0.39, 0.29) is 18.4 Å². The number of halogens is 5. The first kappa shape index (κ1) is 15.0. The second-order valence-electron chi connectivity index (χ2n) is 3.89. The number of hydrogen-bond acceptors (Lipinski definition) is 2. The lowest BCUT2D eigenvalue weighted by molar-refractivity contribution is -0.275. The van der Waals surface area contributed by atoms with E-state index >= 15 is 0 Å². The molecular weight excluding hydrogens is 274 g/mol. The van der Waals surface area contributed by atoms with Crippen LogP contribution in [0.4, 0.5) is 17.6 Å². The summed E-state index contributed by atoms with van der Waals surface area (Å²) in [5, 5.41) is 3.14. The van der Waals surface area contributed by atoms with Crippen molar-refractivity contribution in [2.75, 3.05) is 6.54 Å². The molecular formula is C11H12ClF4NO. The molecule has 0 bridgehead atoms. The molecule has 1 aromatic rings. The second-order valence-corrected chi connectivity index (χ2v) is 3.89. The van der Waals surface area contributed by atoms with Gasteiger partial charge < -0.3 is 10.1 Å². The molecule has 1 N–H and O–H groups in total. The first-order valence-electron chi connectivity index (χ1n) is 5.24. The van der Waals surface area contributed by atoms with Crippen molar-refractivity contribution in [3.63, 3.8) is 0 Å². The molecule has 0 aromatic heterocycles. The molecule has 1 fully saturated rings. The van der Waals surface area contributed by atoms with Gasteiger partial charge in [0.1, 0.15) is 0 Å². The summed E-state index contributed by atoms with van der Waals surface area (Å²) in [6, 6.07) is 3.57. The van der Waals surface area contributed by atoms with E-state index in [1.807, 2.05) is 0 Å². The van der Waals surface area contributed by atoms with E-state index in [0.29, 0.717) is 5.56 Å². The van der Waals surface area contributed by atoms with Crippen molar-refractivity contribution in [3.05, 3.63) is 29.6 Å². The van der Waals surface area contributed by atoms with Gasteiger partial charge in [-0.25, -0.2) is 4.39 Å². The van der Waals surface area contributed by atoms with Gasteiger partial charge in [-0.15, -0.1) is 25.6 Å². The third-order valence-electron chi connectivity index (χ3n) is 2.64. The lowest BCUT2D eigenvalue weighted by Gasteiger charge is -2.13. The highest BCUT2D eigenvalue weighted by molar-refractivity contribution is 5.85. The molecule has 7 heteroatoms. The number of hydrogen-bond donors (Lipinski definition) is 1. The first-order valence-corrected chi connectivity index (χ1v) is 5.24. The average Bonchev–Trinajstić information content (AvgIpc) is 2.72. The highest BCUT2D eigenvalue weighted by atomic mass is 35.5. The summed E-state index contributed by atoms with van der Waals surface area (Å²) in [6.07, 6.45) is -3.03. The highest BCUT2D eigenvalue weighted by Crippen LogP contribution is 2.30. The molecule has 2 rings (SSSR count). The van der Waals surface area contributed by atoms with Gasteiger partial charge in [0, 0.05) is 6.04 Å². The van der Waals surface area contributed by atoms with Gasteiger partial charge in [-0.05, 0) is 37.1 Å². The fourth-order valence-electron chi connectivity index (χ4n) is 1.91. The highest BCUT2D eigenvalue weighted by Gasteiger charge is 2.32. The molecule has 18 heavy (non-hydrogen) atoms. The summed E-state index contributed by atoms with van der Waals surface area (Å²) in [6.45, 7) is 0.840. The molecule has 1 aliphatic heterocycles. The number of benzene rings is 1. The van der Waals surface area contributed by atoms with Crippen molar-refractivity contribution in [3.8, 4) is 5.75 Å². The van der Waals surface area contributed by atoms with Gasteiger partial charge in [-0.1, -0.05) is 6.07 Å². The van der Waals surface area contributed by atoms with Crippen molar-refractivity contribution in [2.24, 2.45) is 0 Å². The van der Waals surface area contributed by atoms with E-state index in [1.165, 1.54) is 6.07 Å². The summed E-state index contributed by atoms with van der Waals surface area (Å²) in [7, 11) is 0. The summed E-state index contributed by atoms with van der Waals surface area (Å²) in [4.78, 5) is 0. The predicted octanol–water partition coefficient (Wildman–Crippen LogP) is 3.57. The normalized spacial score (nSPS) is 19.4. The van der Waals surface area contributed by atoms with Crippen molar-refractivity contribution in [2.45, 2.75) is 25.2 Å². The summed E-state index contributed by atoms with van der Waals surface area (Å²) in [5.41, 5.74) is 0.648. The molecule has 0 amide bonds. The maximum atomic E-state index is 13.4. The number of rotatable bonds is 2. The Balaban J connectivity index is 0.00000162. The molecule has 0 spiro atoms. The molecule has 1 aliphatic rings. The minimum Gasteiger partial charge on any atom is -0.403 e. The maximum absolute atomic E-state index is 13.4. The Bertz CT molecular complexity index is 405. The minimum absolute atomic E-state index is 0. The van der Waals surface area contributed by atoms with Gasteiger partial charge in [0.15, 0.2) is 11.6 Å². The Hall–Kier alpha value is -1.01. The quantitative estimate of drug-likeness (QED) is 0.839. The Kier molecular flexibility index (Phi) is 4.81. The topological polar surface area (TPSA) is 21.3 Å². The number of alkyl halides is 3. The molecule has 2 nitrogen and oxygen atoms in total. The largest absolute Gasteiger partial charge is 0.573 e. The third-order valence-corrected chi connectivity index (χ3v) is 2.64. The Morgan fingerprint density at radius 2 is 2.00 bits per heavy atom. The van der Waals surface area contributed by atoms with Crippen molar-refractivity contribution >= 4 is 12.4 Å². The molecule has 1 heterocycles. The number of nitrogens with one attached hydrogen (secondary N) is 1. The van der Waals surface area contributed by atoms with E-state index in [2.05, 4.69) is 10.1 Å². The van der Waals surface area contributed by atoms with E-state index in [1.54, 1.807) is 0 Å². The van der Waals surface area contributed by atoms with Crippen molar-refractivity contribution < 1.29 is 22.3 Å². The molecule has 1 aromatic carbocycles. The molecule has 0 aliphatic carbocycles. The average molecular weight is 286 g/mol. The van der Waals surface area contributed by atoms with Gasteiger partial charge in [0.05, 0.1) is 0 Å². The van der Waals surface area contributed by atoms with Crippen LogP contribution in [0.15, 0.2) is 18.2 Å². The number of ether oxygens (including phenoxy) is 1. The van der Waals surface area contributed by atoms with Gasteiger partial charge in [0.2, 0.25) is 0 Å². The summed E-state index contributed by atoms with van der Waals surface area (Å²) in [5.74, 6) is -1.78. The SMILES string of the molecule is Cl.Fc1cc([C@@H]2CCCN2)ccc1OC(F)(F)F.